The van der Waals surface area contributed by atoms with Crippen molar-refractivity contribution < 1.29 is 4.42 Å². The van der Waals surface area contributed by atoms with Crippen LogP contribution in [-0.4, -0.2) is 23.9 Å². The van der Waals surface area contributed by atoms with E-state index < -0.39 is 0 Å². The van der Waals surface area contributed by atoms with Crippen LogP contribution in [0.1, 0.15) is 22.3 Å². The molecule has 252 valence electrons. The Morgan fingerprint density at radius 2 is 1.09 bits per heavy atom. The van der Waals surface area contributed by atoms with Crippen molar-refractivity contribution in [3.63, 3.8) is 0 Å². The lowest BCUT2D eigenvalue weighted by Crippen LogP contribution is -2.48. The summed E-state index contributed by atoms with van der Waals surface area (Å²) in [6.07, 6.45) is 6.64. The van der Waals surface area contributed by atoms with Crippen LogP contribution in [-0.2, 0) is 0 Å². The van der Waals surface area contributed by atoms with Gasteiger partial charge in [0.2, 0.25) is 0 Å². The molecule has 0 fully saturated rings. The van der Waals surface area contributed by atoms with Gasteiger partial charge in [-0.15, -0.1) is 0 Å². The smallest absolute Gasteiger partial charge is 0.143 e. The fourth-order valence-corrected chi connectivity index (χ4v) is 7.84. The third kappa shape index (κ3) is 5.35. The Hall–Kier alpha value is -6.91. The Bertz CT molecular complexity index is 2740. The first-order valence-corrected chi connectivity index (χ1v) is 18.1. The Labute approximate surface area is 308 Å². The number of rotatable bonds is 5. The van der Waals surface area contributed by atoms with Crippen molar-refractivity contribution in [2.45, 2.75) is 6.17 Å². The molecule has 1 aromatic heterocycles. The highest BCUT2D eigenvalue weighted by Gasteiger charge is 2.33. The van der Waals surface area contributed by atoms with Gasteiger partial charge in [0.15, 0.2) is 0 Å². The predicted molar refractivity (Wildman–Crippen MR) is 221 cm³/mol. The van der Waals surface area contributed by atoms with Crippen LogP contribution in [0.4, 0.5) is 11.4 Å². The van der Waals surface area contributed by atoms with E-state index >= 15 is 0 Å². The number of aliphatic imine (C=N–C) groups is 1. The van der Waals surface area contributed by atoms with Crippen LogP contribution in [0, 0.1) is 0 Å². The maximum absolute atomic E-state index is 6.49. The van der Waals surface area contributed by atoms with E-state index in [2.05, 4.69) is 193 Å². The van der Waals surface area contributed by atoms with Crippen molar-refractivity contribution >= 4 is 57.0 Å². The zero-order valence-corrected chi connectivity index (χ0v) is 29.2. The number of furan rings is 1. The molecule has 7 aromatic carbocycles. The van der Waals surface area contributed by atoms with E-state index in [-0.39, 0.29) is 6.17 Å². The van der Waals surface area contributed by atoms with Gasteiger partial charge in [-0.3, -0.25) is 0 Å². The maximum atomic E-state index is 6.49. The molecule has 0 N–H and O–H groups in total. The highest BCUT2D eigenvalue weighted by atomic mass is 16.3. The standard InChI is InChI=1S/C49H35N3O/c1-51-47(32-43(34-16-7-3-8-17-34)50-49(51)35-18-9-4-10-19-35)52-44-28-26-36(33-14-5-2-6-15-33)30-38(44)24-25-39-31-37(27-29-45(39)52)40-21-13-22-42-41-20-11-12-23-46(41)53-48(40)42/h2-32,47H,1H3. The number of hydrogen-bond acceptors (Lipinski definition) is 4. The lowest BCUT2D eigenvalue weighted by atomic mass is 9.98. The first-order chi connectivity index (χ1) is 26.2. The Morgan fingerprint density at radius 1 is 0.509 bits per heavy atom. The van der Waals surface area contributed by atoms with Gasteiger partial charge < -0.3 is 14.2 Å². The number of anilines is 2. The van der Waals surface area contributed by atoms with Crippen molar-refractivity contribution in [3.05, 3.63) is 198 Å². The first-order valence-electron chi connectivity index (χ1n) is 18.1. The molecule has 0 amide bonds. The summed E-state index contributed by atoms with van der Waals surface area (Å²) in [4.78, 5) is 10.1. The Balaban J connectivity index is 1.18. The van der Waals surface area contributed by atoms with Crippen LogP contribution in [0.15, 0.2) is 185 Å². The molecule has 2 aliphatic heterocycles. The summed E-state index contributed by atoms with van der Waals surface area (Å²) in [6, 6.07) is 60.0. The minimum absolute atomic E-state index is 0.192. The zero-order chi connectivity index (χ0) is 35.3. The fourth-order valence-electron chi connectivity index (χ4n) is 7.84. The molecule has 1 unspecified atom stereocenters. The summed E-state index contributed by atoms with van der Waals surface area (Å²) in [5, 5.41) is 2.26. The Kier molecular flexibility index (Phi) is 7.40. The van der Waals surface area contributed by atoms with E-state index in [1.807, 2.05) is 12.1 Å². The molecule has 0 saturated heterocycles. The van der Waals surface area contributed by atoms with Crippen LogP contribution in [0.3, 0.4) is 0 Å². The largest absolute Gasteiger partial charge is 0.455 e. The van der Waals surface area contributed by atoms with Gasteiger partial charge in [-0.2, -0.15) is 0 Å². The summed E-state index contributed by atoms with van der Waals surface area (Å²) >= 11 is 0. The second-order valence-corrected chi connectivity index (χ2v) is 13.6. The highest BCUT2D eigenvalue weighted by Crippen LogP contribution is 2.44. The quantitative estimate of drug-likeness (QED) is 0.181. The predicted octanol–water partition coefficient (Wildman–Crippen LogP) is 12.3. The minimum Gasteiger partial charge on any atom is -0.455 e. The molecular formula is C49H35N3O. The molecule has 10 rings (SSSR count). The van der Waals surface area contributed by atoms with Crippen LogP contribution < -0.4 is 4.90 Å². The molecule has 0 aliphatic carbocycles. The molecule has 3 heterocycles. The summed E-state index contributed by atoms with van der Waals surface area (Å²) in [5.41, 5.74) is 14.0. The highest BCUT2D eigenvalue weighted by molar-refractivity contribution is 6.10. The number of para-hydroxylation sites is 2. The van der Waals surface area contributed by atoms with Crippen molar-refractivity contribution in [3.8, 4) is 22.3 Å². The van der Waals surface area contributed by atoms with E-state index in [0.29, 0.717) is 0 Å². The Morgan fingerprint density at radius 3 is 1.81 bits per heavy atom. The van der Waals surface area contributed by atoms with Crippen molar-refractivity contribution in [1.82, 2.24) is 4.90 Å². The van der Waals surface area contributed by atoms with Gasteiger partial charge in [-0.1, -0.05) is 152 Å². The molecule has 2 aliphatic rings. The number of fused-ring (bicyclic) bond motifs is 5. The third-order valence-corrected chi connectivity index (χ3v) is 10.5. The SMILES string of the molecule is CN1C(c2ccccc2)=NC(c2ccccc2)=CC1N1c2ccc(-c3ccccc3)cc2C=Cc2cc(-c3cccc4c3oc3ccccc34)ccc21. The lowest BCUT2D eigenvalue weighted by molar-refractivity contribution is 0.426. The van der Waals surface area contributed by atoms with Crippen molar-refractivity contribution in [1.29, 1.82) is 0 Å². The summed E-state index contributed by atoms with van der Waals surface area (Å²) in [5.74, 6) is 0.923. The van der Waals surface area contributed by atoms with Crippen LogP contribution in [0.5, 0.6) is 0 Å². The van der Waals surface area contributed by atoms with Gasteiger partial charge in [-0.25, -0.2) is 4.99 Å². The minimum atomic E-state index is -0.192. The molecule has 1 atom stereocenters. The van der Waals surface area contributed by atoms with E-state index in [1.165, 1.54) is 11.1 Å². The number of benzene rings is 7. The molecule has 8 aromatic rings. The normalized spacial score (nSPS) is 15.2. The van der Waals surface area contributed by atoms with E-state index in [0.717, 1.165) is 78.2 Å². The van der Waals surface area contributed by atoms with Gasteiger partial charge in [0.1, 0.15) is 23.2 Å². The van der Waals surface area contributed by atoms with E-state index in [9.17, 15) is 0 Å². The van der Waals surface area contributed by atoms with Gasteiger partial charge in [0.25, 0.3) is 0 Å². The monoisotopic (exact) mass is 681 g/mol. The molecule has 0 bridgehead atoms. The van der Waals surface area contributed by atoms with Crippen LogP contribution in [0.25, 0.3) is 62.0 Å². The second-order valence-electron chi connectivity index (χ2n) is 13.6. The number of amidine groups is 1. The molecule has 4 nitrogen and oxygen atoms in total. The third-order valence-electron chi connectivity index (χ3n) is 10.5. The van der Waals surface area contributed by atoms with Crippen LogP contribution >= 0.6 is 0 Å². The first kappa shape index (κ1) is 30.9. The van der Waals surface area contributed by atoms with Crippen molar-refractivity contribution in [2.75, 3.05) is 11.9 Å². The zero-order valence-electron chi connectivity index (χ0n) is 29.2. The average Bonchev–Trinajstić information content (AvgIpc) is 3.53. The fraction of sp³-hybridized carbons (Fsp3) is 0.0408. The molecular weight excluding hydrogens is 647 g/mol. The van der Waals surface area contributed by atoms with E-state index in [1.54, 1.807) is 0 Å². The van der Waals surface area contributed by atoms with Gasteiger partial charge >= 0.3 is 0 Å². The number of hydrogen-bond donors (Lipinski definition) is 0. The average molecular weight is 682 g/mol. The number of nitrogens with zero attached hydrogens (tertiary/aromatic N) is 3. The van der Waals surface area contributed by atoms with Crippen LogP contribution in [0.2, 0.25) is 0 Å². The summed E-state index contributed by atoms with van der Waals surface area (Å²) < 4.78 is 6.49. The molecule has 0 spiro atoms. The number of likely N-dealkylation sites (N-methyl/N-ethyl adjacent to an activating group) is 1. The lowest BCUT2D eigenvalue weighted by Gasteiger charge is -2.42. The molecule has 0 radical (unpaired) electrons. The summed E-state index contributed by atoms with van der Waals surface area (Å²) in [7, 11) is 2.15. The van der Waals surface area contributed by atoms with E-state index in [4.69, 9.17) is 9.41 Å². The van der Waals surface area contributed by atoms with Gasteiger partial charge in [0.05, 0.1) is 17.1 Å². The molecule has 4 heteroatoms. The van der Waals surface area contributed by atoms with Gasteiger partial charge in [-0.05, 0) is 64.2 Å². The van der Waals surface area contributed by atoms with Gasteiger partial charge in [0, 0.05) is 34.5 Å². The molecule has 53 heavy (non-hydrogen) atoms. The topological polar surface area (TPSA) is 32.0 Å². The molecule has 0 saturated carbocycles. The summed E-state index contributed by atoms with van der Waals surface area (Å²) in [6.45, 7) is 0. The second kappa shape index (κ2) is 12.7. The maximum Gasteiger partial charge on any atom is 0.143 e. The van der Waals surface area contributed by atoms with Crippen molar-refractivity contribution in [2.24, 2.45) is 4.99 Å².